The number of nitrogens with two attached hydrogens (primary N) is 1. The van der Waals surface area contributed by atoms with E-state index in [1.807, 2.05) is 0 Å². The number of nitrogens with one attached hydrogen (secondary N) is 1. The number of nitrogens with zero attached hydrogens (tertiary/aromatic N) is 2. The van der Waals surface area contributed by atoms with Crippen LogP contribution in [0.15, 0.2) is 30.7 Å². The van der Waals surface area contributed by atoms with Crippen LogP contribution >= 0.6 is 0 Å². The van der Waals surface area contributed by atoms with Crippen molar-refractivity contribution in [3.63, 3.8) is 0 Å². The Morgan fingerprint density at radius 3 is 2.72 bits per heavy atom. The van der Waals surface area contributed by atoms with Gasteiger partial charge in [-0.05, 0) is 12.1 Å². The van der Waals surface area contributed by atoms with E-state index in [0.717, 1.165) is 12.3 Å². The van der Waals surface area contributed by atoms with Gasteiger partial charge in [-0.25, -0.2) is 13.8 Å². The van der Waals surface area contributed by atoms with E-state index >= 15 is 0 Å². The summed E-state index contributed by atoms with van der Waals surface area (Å²) in [5.74, 6) is -1.47. The predicted octanol–water partition coefficient (Wildman–Crippen LogP) is 2.49. The molecule has 1 aromatic carbocycles. The number of nitrogen functional groups attached to an aromatic ring is 1. The van der Waals surface area contributed by atoms with Crippen LogP contribution in [-0.2, 0) is 0 Å². The average Bonchev–Trinajstić information content (AvgIpc) is 2.76. The minimum absolute atomic E-state index is 0.0285. The first kappa shape index (κ1) is 10.6. The lowest BCUT2D eigenvalue weighted by Gasteiger charge is -2.05. The van der Waals surface area contributed by atoms with Gasteiger partial charge in [0.1, 0.15) is 11.5 Å². The average molecular weight is 246 g/mol. The van der Waals surface area contributed by atoms with E-state index in [9.17, 15) is 8.78 Å². The lowest BCUT2D eigenvalue weighted by Crippen LogP contribution is -1.94. The standard InChI is InChI=1S/C12H8F2N4/c13-6-1-9(14)11(16-4-6)8-2-7(15)3-10-12(8)18-5-17-10/h1-5H,15H2,(H,17,18). The highest BCUT2D eigenvalue weighted by atomic mass is 19.1. The van der Waals surface area contributed by atoms with Gasteiger partial charge in [0.25, 0.3) is 0 Å². The van der Waals surface area contributed by atoms with Gasteiger partial charge in [-0.1, -0.05) is 0 Å². The fraction of sp³-hybridized carbons (Fsp3) is 0. The van der Waals surface area contributed by atoms with Gasteiger partial charge in [-0.15, -0.1) is 0 Å². The van der Waals surface area contributed by atoms with E-state index in [4.69, 9.17) is 5.73 Å². The lowest BCUT2D eigenvalue weighted by molar-refractivity contribution is 0.576. The van der Waals surface area contributed by atoms with E-state index < -0.39 is 11.6 Å². The summed E-state index contributed by atoms with van der Waals surface area (Å²) < 4.78 is 26.6. The van der Waals surface area contributed by atoms with Crippen molar-refractivity contribution < 1.29 is 8.78 Å². The number of rotatable bonds is 1. The highest BCUT2D eigenvalue weighted by molar-refractivity contribution is 5.93. The number of anilines is 1. The van der Waals surface area contributed by atoms with Gasteiger partial charge < -0.3 is 10.7 Å². The molecule has 2 aromatic heterocycles. The Morgan fingerprint density at radius 2 is 1.94 bits per heavy atom. The van der Waals surface area contributed by atoms with Crippen LogP contribution in [0.1, 0.15) is 0 Å². The maximum absolute atomic E-state index is 13.7. The number of halogens is 2. The van der Waals surface area contributed by atoms with Crippen LogP contribution in [0.4, 0.5) is 14.5 Å². The summed E-state index contributed by atoms with van der Waals surface area (Å²) in [6, 6.07) is 4.03. The first-order valence-electron chi connectivity index (χ1n) is 5.19. The minimum atomic E-state index is -0.745. The third-order valence-corrected chi connectivity index (χ3v) is 2.61. The summed E-state index contributed by atoms with van der Waals surface area (Å²) in [6.45, 7) is 0. The molecule has 3 N–H and O–H groups in total. The van der Waals surface area contributed by atoms with Crippen LogP contribution in [0.3, 0.4) is 0 Å². The predicted molar refractivity (Wildman–Crippen MR) is 63.7 cm³/mol. The maximum atomic E-state index is 13.7. The van der Waals surface area contributed by atoms with Gasteiger partial charge in [0.15, 0.2) is 5.82 Å². The zero-order valence-corrected chi connectivity index (χ0v) is 9.11. The summed E-state index contributed by atoms with van der Waals surface area (Å²) in [7, 11) is 0. The van der Waals surface area contributed by atoms with Crippen LogP contribution in [0.5, 0.6) is 0 Å². The Morgan fingerprint density at radius 1 is 1.11 bits per heavy atom. The fourth-order valence-electron chi connectivity index (χ4n) is 1.87. The van der Waals surface area contributed by atoms with Gasteiger partial charge in [0.05, 0.1) is 23.6 Å². The topological polar surface area (TPSA) is 67.6 Å². The quantitative estimate of drug-likeness (QED) is 0.648. The van der Waals surface area contributed by atoms with Crippen molar-refractivity contribution in [3.8, 4) is 11.3 Å². The molecule has 0 amide bonds. The van der Waals surface area contributed by atoms with Gasteiger partial charge >= 0.3 is 0 Å². The molecule has 0 atom stereocenters. The third kappa shape index (κ3) is 1.58. The van der Waals surface area contributed by atoms with Crippen molar-refractivity contribution >= 4 is 16.7 Å². The van der Waals surface area contributed by atoms with Crippen LogP contribution in [0, 0.1) is 11.6 Å². The molecule has 2 heterocycles. The number of imidazole rings is 1. The molecule has 0 saturated carbocycles. The van der Waals surface area contributed by atoms with E-state index in [0.29, 0.717) is 22.3 Å². The first-order valence-corrected chi connectivity index (χ1v) is 5.19. The minimum Gasteiger partial charge on any atom is -0.399 e. The summed E-state index contributed by atoms with van der Waals surface area (Å²) in [6.07, 6.45) is 2.44. The summed E-state index contributed by atoms with van der Waals surface area (Å²) in [4.78, 5) is 10.7. The number of hydrogen-bond donors (Lipinski definition) is 2. The monoisotopic (exact) mass is 246 g/mol. The molecule has 0 radical (unpaired) electrons. The molecule has 6 heteroatoms. The second kappa shape index (κ2) is 3.76. The van der Waals surface area contributed by atoms with E-state index in [1.165, 1.54) is 6.33 Å². The number of aromatic nitrogens is 3. The Labute approximate surface area is 100 Å². The zero-order chi connectivity index (χ0) is 12.7. The Hall–Kier alpha value is -2.50. The normalized spacial score (nSPS) is 11.0. The molecule has 0 bridgehead atoms. The van der Waals surface area contributed by atoms with E-state index in [-0.39, 0.29) is 5.69 Å². The molecule has 90 valence electrons. The van der Waals surface area contributed by atoms with Crippen LogP contribution < -0.4 is 5.73 Å². The molecule has 0 aliphatic heterocycles. The van der Waals surface area contributed by atoms with Gasteiger partial charge in [0.2, 0.25) is 0 Å². The number of fused-ring (bicyclic) bond motifs is 1. The molecule has 0 unspecified atom stereocenters. The largest absolute Gasteiger partial charge is 0.399 e. The van der Waals surface area contributed by atoms with Gasteiger partial charge in [0, 0.05) is 17.3 Å². The number of hydrogen-bond acceptors (Lipinski definition) is 3. The molecule has 0 aliphatic rings. The summed E-state index contributed by atoms with van der Waals surface area (Å²) in [5.41, 5.74) is 7.86. The first-order chi connectivity index (χ1) is 8.65. The van der Waals surface area contributed by atoms with Crippen molar-refractivity contribution in [3.05, 3.63) is 42.4 Å². The molecular weight excluding hydrogens is 238 g/mol. The molecule has 0 spiro atoms. The van der Waals surface area contributed by atoms with Crippen molar-refractivity contribution in [2.45, 2.75) is 0 Å². The molecular formula is C12H8F2N4. The van der Waals surface area contributed by atoms with Crippen molar-refractivity contribution in [2.75, 3.05) is 5.73 Å². The van der Waals surface area contributed by atoms with Crippen LogP contribution in [0.25, 0.3) is 22.3 Å². The smallest absolute Gasteiger partial charge is 0.152 e. The second-order valence-electron chi connectivity index (χ2n) is 3.85. The molecule has 0 aliphatic carbocycles. The second-order valence-corrected chi connectivity index (χ2v) is 3.85. The number of aromatic amines is 1. The van der Waals surface area contributed by atoms with Crippen molar-refractivity contribution in [2.24, 2.45) is 0 Å². The maximum Gasteiger partial charge on any atom is 0.152 e. The molecule has 3 rings (SSSR count). The van der Waals surface area contributed by atoms with Gasteiger partial charge in [-0.3, -0.25) is 4.98 Å². The SMILES string of the molecule is Nc1cc(-c2ncc(F)cc2F)c2nc[nH]c2c1. The van der Waals surface area contributed by atoms with E-state index in [2.05, 4.69) is 15.0 Å². The zero-order valence-electron chi connectivity index (χ0n) is 9.11. The highest BCUT2D eigenvalue weighted by Gasteiger charge is 2.13. The Kier molecular flexibility index (Phi) is 2.22. The highest BCUT2D eigenvalue weighted by Crippen LogP contribution is 2.29. The number of H-pyrrole nitrogens is 1. The van der Waals surface area contributed by atoms with Crippen LogP contribution in [0.2, 0.25) is 0 Å². The molecule has 18 heavy (non-hydrogen) atoms. The molecule has 3 aromatic rings. The molecule has 0 saturated heterocycles. The fourth-order valence-corrected chi connectivity index (χ4v) is 1.87. The Balaban J connectivity index is 2.33. The Bertz CT molecular complexity index is 736. The third-order valence-electron chi connectivity index (χ3n) is 2.61. The molecule has 4 nitrogen and oxygen atoms in total. The van der Waals surface area contributed by atoms with E-state index in [1.54, 1.807) is 12.1 Å². The van der Waals surface area contributed by atoms with Crippen molar-refractivity contribution in [1.82, 2.24) is 15.0 Å². The number of pyridine rings is 1. The van der Waals surface area contributed by atoms with Crippen LogP contribution in [-0.4, -0.2) is 15.0 Å². The van der Waals surface area contributed by atoms with Crippen molar-refractivity contribution in [1.29, 1.82) is 0 Å². The summed E-state index contributed by atoms with van der Waals surface area (Å²) >= 11 is 0. The lowest BCUT2D eigenvalue weighted by atomic mass is 10.1. The molecule has 0 fully saturated rings. The summed E-state index contributed by atoms with van der Waals surface area (Å²) in [5, 5.41) is 0. The van der Waals surface area contributed by atoms with Gasteiger partial charge in [-0.2, -0.15) is 0 Å². The number of benzene rings is 1.